The monoisotopic (exact) mass is 385 g/mol. The highest BCUT2D eigenvalue weighted by Gasteiger charge is 2.32. The van der Waals surface area contributed by atoms with Crippen LogP contribution in [0.5, 0.6) is 11.5 Å². The van der Waals surface area contributed by atoms with Gasteiger partial charge in [0.1, 0.15) is 0 Å². The summed E-state index contributed by atoms with van der Waals surface area (Å²) < 4.78 is 34.3. The fraction of sp³-hybridized carbons (Fsp3) is 0.471. The Labute approximate surface area is 152 Å². The van der Waals surface area contributed by atoms with Crippen LogP contribution in [-0.4, -0.2) is 57.0 Å². The van der Waals surface area contributed by atoms with Gasteiger partial charge < -0.3 is 14.4 Å². The summed E-state index contributed by atoms with van der Waals surface area (Å²) >= 11 is 6.23. The van der Waals surface area contributed by atoms with Gasteiger partial charge in [-0.05, 0) is 30.2 Å². The van der Waals surface area contributed by atoms with Crippen LogP contribution in [0.15, 0.2) is 18.2 Å². The zero-order valence-corrected chi connectivity index (χ0v) is 15.5. The summed E-state index contributed by atoms with van der Waals surface area (Å²) in [6, 6.07) is 3.21. The van der Waals surface area contributed by atoms with Gasteiger partial charge in [0.05, 0.1) is 29.7 Å². The van der Waals surface area contributed by atoms with E-state index in [2.05, 4.69) is 0 Å². The van der Waals surface area contributed by atoms with Crippen molar-refractivity contribution < 1.29 is 22.7 Å². The van der Waals surface area contributed by atoms with E-state index in [0.29, 0.717) is 36.2 Å². The molecular weight excluding hydrogens is 366 g/mol. The lowest BCUT2D eigenvalue weighted by Gasteiger charge is -2.21. The van der Waals surface area contributed by atoms with E-state index in [1.165, 1.54) is 11.0 Å². The molecular formula is C17H20ClNO5S. The molecule has 1 unspecified atom stereocenters. The van der Waals surface area contributed by atoms with E-state index < -0.39 is 9.84 Å². The largest absolute Gasteiger partial charge is 0.489 e. The number of hydrogen-bond acceptors (Lipinski definition) is 5. The molecule has 0 bridgehead atoms. The van der Waals surface area contributed by atoms with Crippen LogP contribution in [-0.2, 0) is 14.6 Å². The predicted octanol–water partition coefficient (Wildman–Crippen LogP) is 2.16. The number of nitrogens with zero attached hydrogens (tertiary/aromatic N) is 1. The minimum Gasteiger partial charge on any atom is -0.489 e. The third-order valence-corrected chi connectivity index (χ3v) is 6.38. The van der Waals surface area contributed by atoms with E-state index in [1.54, 1.807) is 25.3 Å². The summed E-state index contributed by atoms with van der Waals surface area (Å²) in [4.78, 5) is 13.8. The smallest absolute Gasteiger partial charge is 0.246 e. The summed E-state index contributed by atoms with van der Waals surface area (Å²) in [6.45, 7) is 1.10. The second kappa shape index (κ2) is 7.25. The first-order valence-electron chi connectivity index (χ1n) is 8.10. The Morgan fingerprint density at radius 3 is 2.80 bits per heavy atom. The molecule has 0 aliphatic carbocycles. The van der Waals surface area contributed by atoms with Gasteiger partial charge in [-0.2, -0.15) is 0 Å². The molecule has 1 amide bonds. The second-order valence-corrected chi connectivity index (χ2v) is 8.86. The number of halogens is 1. The van der Waals surface area contributed by atoms with E-state index in [4.69, 9.17) is 21.1 Å². The highest BCUT2D eigenvalue weighted by Crippen LogP contribution is 2.38. The van der Waals surface area contributed by atoms with Crippen LogP contribution in [0.3, 0.4) is 0 Å². The normalized spacial score (nSPS) is 21.9. The van der Waals surface area contributed by atoms with E-state index in [1.807, 2.05) is 0 Å². The van der Waals surface area contributed by atoms with Gasteiger partial charge in [0.2, 0.25) is 5.91 Å². The molecule has 1 saturated heterocycles. The number of sulfone groups is 1. The molecule has 0 aromatic heterocycles. The molecule has 25 heavy (non-hydrogen) atoms. The molecule has 2 aliphatic heterocycles. The van der Waals surface area contributed by atoms with Crippen LogP contribution in [0.4, 0.5) is 0 Å². The fourth-order valence-electron chi connectivity index (χ4n) is 2.89. The standard InChI is InChI=1S/C17H20ClNO5S/c1-19(13-5-8-25(21,22)11-13)16(20)4-3-12-9-14(18)17-15(10-12)23-6-2-7-24-17/h3-4,9-10,13H,2,5-8,11H2,1H3/b4-3+. The summed E-state index contributed by atoms with van der Waals surface area (Å²) in [5.74, 6) is 1.00. The van der Waals surface area contributed by atoms with Gasteiger partial charge in [0, 0.05) is 25.6 Å². The van der Waals surface area contributed by atoms with Crippen molar-refractivity contribution in [3.05, 3.63) is 28.8 Å². The van der Waals surface area contributed by atoms with Gasteiger partial charge in [-0.15, -0.1) is 0 Å². The molecule has 0 radical (unpaired) electrons. The third kappa shape index (κ3) is 4.27. The average Bonchev–Trinajstić information content (AvgIpc) is 2.78. The number of rotatable bonds is 3. The van der Waals surface area contributed by atoms with Crippen LogP contribution in [0.2, 0.25) is 5.02 Å². The maximum atomic E-state index is 12.3. The predicted molar refractivity (Wildman–Crippen MR) is 95.9 cm³/mol. The number of amides is 1. The van der Waals surface area contributed by atoms with Gasteiger partial charge in [0.15, 0.2) is 21.3 Å². The van der Waals surface area contributed by atoms with Crippen molar-refractivity contribution in [2.45, 2.75) is 18.9 Å². The number of likely N-dealkylation sites (N-methyl/N-ethyl adjacent to an activating group) is 1. The lowest BCUT2D eigenvalue weighted by atomic mass is 10.1. The van der Waals surface area contributed by atoms with E-state index in [9.17, 15) is 13.2 Å². The molecule has 136 valence electrons. The van der Waals surface area contributed by atoms with Gasteiger partial charge in [0.25, 0.3) is 0 Å². The average molecular weight is 386 g/mol. The Balaban J connectivity index is 1.72. The van der Waals surface area contributed by atoms with E-state index in [-0.39, 0.29) is 23.5 Å². The zero-order chi connectivity index (χ0) is 18.0. The summed E-state index contributed by atoms with van der Waals surface area (Å²) in [5, 5.41) is 0.432. The molecule has 6 nitrogen and oxygen atoms in total. The van der Waals surface area contributed by atoms with Crippen molar-refractivity contribution in [1.29, 1.82) is 0 Å². The molecule has 2 aliphatic rings. The summed E-state index contributed by atoms with van der Waals surface area (Å²) in [5.41, 5.74) is 0.718. The lowest BCUT2D eigenvalue weighted by molar-refractivity contribution is -0.126. The van der Waals surface area contributed by atoms with E-state index >= 15 is 0 Å². The molecule has 0 spiro atoms. The summed E-state index contributed by atoms with van der Waals surface area (Å²) in [7, 11) is -1.40. The Morgan fingerprint density at radius 2 is 2.08 bits per heavy atom. The molecule has 1 aromatic carbocycles. The molecule has 1 atom stereocenters. The first kappa shape index (κ1) is 18.1. The van der Waals surface area contributed by atoms with Gasteiger partial charge >= 0.3 is 0 Å². The minimum atomic E-state index is -3.03. The van der Waals surface area contributed by atoms with Gasteiger partial charge in [-0.1, -0.05) is 11.6 Å². The maximum Gasteiger partial charge on any atom is 0.246 e. The van der Waals surface area contributed by atoms with Gasteiger partial charge in [-0.25, -0.2) is 8.42 Å². The minimum absolute atomic E-state index is 0.0267. The van der Waals surface area contributed by atoms with Crippen LogP contribution < -0.4 is 9.47 Å². The molecule has 0 saturated carbocycles. The molecule has 2 heterocycles. The molecule has 0 N–H and O–H groups in total. The summed E-state index contributed by atoms with van der Waals surface area (Å²) in [6.07, 6.45) is 4.32. The van der Waals surface area contributed by atoms with Crippen LogP contribution >= 0.6 is 11.6 Å². The van der Waals surface area contributed by atoms with Crippen LogP contribution in [0.25, 0.3) is 6.08 Å². The Morgan fingerprint density at radius 1 is 1.32 bits per heavy atom. The van der Waals surface area contributed by atoms with Crippen LogP contribution in [0, 0.1) is 0 Å². The Bertz CT molecular complexity index is 806. The second-order valence-electron chi connectivity index (χ2n) is 6.22. The molecule has 3 rings (SSSR count). The molecule has 1 aromatic rings. The maximum absolute atomic E-state index is 12.3. The topological polar surface area (TPSA) is 72.9 Å². The quantitative estimate of drug-likeness (QED) is 0.745. The van der Waals surface area contributed by atoms with Crippen molar-refractivity contribution >= 4 is 33.4 Å². The fourth-order valence-corrected chi connectivity index (χ4v) is 4.94. The number of carbonyl (C=O) groups excluding carboxylic acids is 1. The van der Waals surface area contributed by atoms with Crippen molar-refractivity contribution in [2.24, 2.45) is 0 Å². The first-order chi connectivity index (χ1) is 11.9. The SMILES string of the molecule is CN(C(=O)/C=C/c1cc(Cl)c2c(c1)OCCCO2)C1CCS(=O)(=O)C1. The highest BCUT2D eigenvalue weighted by atomic mass is 35.5. The van der Waals surface area contributed by atoms with Crippen molar-refractivity contribution in [3.8, 4) is 11.5 Å². The first-order valence-corrected chi connectivity index (χ1v) is 10.3. The number of hydrogen-bond donors (Lipinski definition) is 0. The molecule has 1 fully saturated rings. The number of ether oxygens (including phenoxy) is 2. The zero-order valence-electron chi connectivity index (χ0n) is 13.9. The number of fused-ring (bicyclic) bond motifs is 1. The van der Waals surface area contributed by atoms with Crippen molar-refractivity contribution in [3.63, 3.8) is 0 Å². The number of carbonyl (C=O) groups is 1. The molecule has 8 heteroatoms. The van der Waals surface area contributed by atoms with Crippen molar-refractivity contribution in [1.82, 2.24) is 4.90 Å². The highest BCUT2D eigenvalue weighted by molar-refractivity contribution is 7.91. The Hall–Kier alpha value is -1.73. The third-order valence-electron chi connectivity index (χ3n) is 4.35. The number of benzene rings is 1. The van der Waals surface area contributed by atoms with Gasteiger partial charge in [-0.3, -0.25) is 4.79 Å². The Kier molecular flexibility index (Phi) is 5.24. The lowest BCUT2D eigenvalue weighted by Crippen LogP contribution is -2.36. The van der Waals surface area contributed by atoms with Crippen LogP contribution in [0.1, 0.15) is 18.4 Å². The van der Waals surface area contributed by atoms with Crippen molar-refractivity contribution in [2.75, 3.05) is 31.8 Å². The van der Waals surface area contributed by atoms with E-state index in [0.717, 1.165) is 12.0 Å².